The van der Waals surface area contributed by atoms with Gasteiger partial charge in [0.25, 0.3) is 5.82 Å². The zero-order chi connectivity index (χ0) is 34.4. The fraction of sp³-hybridized carbons (Fsp3) is 0.344. The zero-order valence-electron chi connectivity index (χ0n) is 26.4. The second-order valence-electron chi connectivity index (χ2n) is 11.2. The van der Waals surface area contributed by atoms with Gasteiger partial charge in [-0.25, -0.2) is 23.5 Å². The molecule has 13 nitrogen and oxygen atoms in total. The first-order valence-corrected chi connectivity index (χ1v) is 15.8. The van der Waals surface area contributed by atoms with Gasteiger partial charge in [0.05, 0.1) is 34.9 Å². The lowest BCUT2D eigenvalue weighted by molar-refractivity contribution is -0.765. The van der Waals surface area contributed by atoms with Crippen LogP contribution in [-0.4, -0.2) is 69.3 Å². The van der Waals surface area contributed by atoms with Crippen molar-refractivity contribution in [3.05, 3.63) is 87.8 Å². The summed E-state index contributed by atoms with van der Waals surface area (Å²) < 4.78 is 41.4. The Bertz CT molecular complexity index is 1850. The smallest absolute Gasteiger partial charge is 0.417 e. The Balaban J connectivity index is 0.00000541. The highest BCUT2D eigenvalue weighted by molar-refractivity contribution is 7.10. The summed E-state index contributed by atoms with van der Waals surface area (Å²) in [6.45, 7) is 0.748. The van der Waals surface area contributed by atoms with Gasteiger partial charge >= 0.3 is 18.4 Å². The number of likely N-dealkylation sites (tertiary alicyclic amines) is 1. The molecule has 1 fully saturated rings. The van der Waals surface area contributed by atoms with Crippen LogP contribution in [0, 0.1) is 23.0 Å². The highest BCUT2D eigenvalue weighted by Gasteiger charge is 2.44. The maximum absolute atomic E-state index is 15.2. The van der Waals surface area contributed by atoms with Crippen molar-refractivity contribution in [1.82, 2.24) is 25.3 Å². The molecule has 5 rings (SSSR count). The fourth-order valence-electron chi connectivity index (χ4n) is 5.33. The molecule has 3 atom stereocenters. The number of carbonyl (C=O) groups is 3. The monoisotopic (exact) mass is 807 g/mol. The summed E-state index contributed by atoms with van der Waals surface area (Å²) in [5, 5.41) is 29.0. The largest absolute Gasteiger partial charge is 1.00 e. The number of nitrogens with zero attached hydrogens (tertiary/aromatic N) is 5. The van der Waals surface area contributed by atoms with Crippen molar-refractivity contribution in [3.8, 4) is 17.3 Å². The summed E-state index contributed by atoms with van der Waals surface area (Å²) in [5.74, 6) is -3.29. The molecule has 4 aromatic rings. The number of H-pyrrole nitrogens is 1. The van der Waals surface area contributed by atoms with E-state index in [4.69, 9.17) is 14.7 Å². The first-order valence-electron chi connectivity index (χ1n) is 14.9. The van der Waals surface area contributed by atoms with Gasteiger partial charge in [-0.05, 0) is 48.8 Å². The zero-order valence-corrected chi connectivity index (χ0v) is 29.3. The number of esters is 1. The predicted octanol–water partition coefficient (Wildman–Crippen LogP) is 0.0563. The molecule has 0 bridgehead atoms. The number of imide groups is 1. The molecule has 3 N–H and O–H groups in total. The van der Waals surface area contributed by atoms with E-state index in [1.807, 2.05) is 0 Å². The maximum atomic E-state index is 15.2. The van der Waals surface area contributed by atoms with Gasteiger partial charge in [0.15, 0.2) is 6.61 Å². The highest BCUT2D eigenvalue weighted by Crippen LogP contribution is 2.41. The summed E-state index contributed by atoms with van der Waals surface area (Å²) in [5.41, 5.74) is -0.531. The van der Waals surface area contributed by atoms with Crippen LogP contribution in [0.2, 0.25) is 0 Å². The third-order valence-electron chi connectivity index (χ3n) is 7.96. The number of thiazole rings is 1. The van der Waals surface area contributed by atoms with Crippen LogP contribution in [0.15, 0.2) is 54.2 Å². The molecule has 0 aliphatic carbocycles. The van der Waals surface area contributed by atoms with Crippen LogP contribution < -0.4 is 34.0 Å². The molecule has 0 saturated carbocycles. The number of aliphatic hydroxyl groups is 1. The van der Waals surface area contributed by atoms with Crippen molar-refractivity contribution in [2.75, 3.05) is 20.2 Å². The molecule has 2 aromatic carbocycles. The molecule has 49 heavy (non-hydrogen) atoms. The first-order chi connectivity index (χ1) is 23.0. The third kappa shape index (κ3) is 8.62. The average Bonchev–Trinajstić information content (AvgIpc) is 3.84. The quantitative estimate of drug-likeness (QED) is 0.101. The summed E-state index contributed by atoms with van der Waals surface area (Å²) in [7, 11) is 1.58. The number of aromatic nitrogens is 4. The summed E-state index contributed by atoms with van der Waals surface area (Å²) in [6, 6.07) is 11.0. The molecule has 3 heterocycles. The Morgan fingerprint density at radius 2 is 2.02 bits per heavy atom. The van der Waals surface area contributed by atoms with Gasteiger partial charge in [-0.3, -0.25) is 9.59 Å². The van der Waals surface area contributed by atoms with E-state index in [1.54, 1.807) is 43.6 Å². The highest BCUT2D eigenvalue weighted by atomic mass is 127. The molecular formula is C32H32F2IN7O6S. The maximum Gasteiger partial charge on any atom is 0.417 e. The summed E-state index contributed by atoms with van der Waals surface area (Å²) in [6.07, 6.45) is 0.755. The Morgan fingerprint density at radius 3 is 2.73 bits per heavy atom. The van der Waals surface area contributed by atoms with E-state index in [1.165, 1.54) is 22.3 Å². The molecule has 1 aliphatic heterocycles. The van der Waals surface area contributed by atoms with E-state index in [-0.39, 0.29) is 68.1 Å². The van der Waals surface area contributed by atoms with Gasteiger partial charge in [0.2, 0.25) is 5.91 Å². The van der Waals surface area contributed by atoms with E-state index < -0.39 is 47.2 Å². The number of carbonyl (C=O) groups excluding carboxylic acids is 3. The summed E-state index contributed by atoms with van der Waals surface area (Å²) in [4.78, 5) is 46.7. The van der Waals surface area contributed by atoms with E-state index in [2.05, 4.69) is 26.5 Å². The van der Waals surface area contributed by atoms with Crippen LogP contribution in [-0.2, 0) is 37.8 Å². The number of hydrogen-bond donors (Lipinski definition) is 3. The van der Waals surface area contributed by atoms with E-state index in [0.29, 0.717) is 22.7 Å². The second kappa shape index (κ2) is 16.3. The minimum absolute atomic E-state index is 0. The lowest BCUT2D eigenvalue weighted by Crippen LogP contribution is -3.00. The Kier molecular flexibility index (Phi) is 12.5. The van der Waals surface area contributed by atoms with Crippen LogP contribution in [0.5, 0.6) is 0 Å². The summed E-state index contributed by atoms with van der Waals surface area (Å²) >= 11 is 1.23. The molecule has 1 unspecified atom stereocenters. The Morgan fingerprint density at radius 1 is 1.27 bits per heavy atom. The van der Waals surface area contributed by atoms with E-state index >= 15 is 4.39 Å². The number of amides is 2. The van der Waals surface area contributed by atoms with Gasteiger partial charge in [0.1, 0.15) is 30.4 Å². The second-order valence-corrected chi connectivity index (χ2v) is 12.1. The van der Waals surface area contributed by atoms with Crippen molar-refractivity contribution >= 4 is 29.3 Å². The number of likely N-dealkylation sites (N-methyl/N-ethyl adjacent to an activating group) is 1. The van der Waals surface area contributed by atoms with Crippen LogP contribution in [0.4, 0.5) is 13.6 Å². The van der Waals surface area contributed by atoms with Crippen LogP contribution in [0.3, 0.4) is 0 Å². The molecule has 2 amide bonds. The normalized spacial score (nSPS) is 16.0. The van der Waals surface area contributed by atoms with Crippen LogP contribution >= 0.6 is 11.3 Å². The standard InChI is InChI=1S/C32H31F2N7O6S.HI/c1-19(30-38-26(16-48-30)21-5-3-20(12-35)4-6-21)32(45,24-11-22(33)7-9-25(24)34)17-40-18-37-27(39-40)15-47-31(44)41-23(8-10-28(41)42)14-46-29(43)13-36-2;/h3-7,9,11,16,18-19,23,36,45H,8,10,13-15,17H2,1-2H3;1H/t19-,23?,32+;/m0./s1. The third-order valence-corrected chi connectivity index (χ3v) is 8.99. The fourth-order valence-corrected chi connectivity index (χ4v) is 6.30. The SMILES string of the molecule is CNCC(=O)OCC1CCC(=O)N1C(=O)OCc1nc[n+](C[C@](O)(c2cc(F)ccc2F)[C@@H](C)c2nc(-c3ccc(C#N)cc3)cs2)[nH]1.[I-]. The van der Waals surface area contributed by atoms with Gasteiger partial charge in [-0.2, -0.15) is 15.0 Å². The number of nitrogens with one attached hydrogen (secondary N) is 2. The minimum Gasteiger partial charge on any atom is -1.00 e. The number of aromatic amines is 1. The molecule has 258 valence electrons. The number of benzene rings is 2. The Labute approximate surface area is 300 Å². The topological polar surface area (TPSA) is 174 Å². The van der Waals surface area contributed by atoms with Crippen LogP contribution in [0.25, 0.3) is 11.3 Å². The number of nitriles is 1. The molecule has 0 radical (unpaired) electrons. The molecule has 1 aliphatic rings. The van der Waals surface area contributed by atoms with Gasteiger partial charge in [-0.15, -0.1) is 11.3 Å². The van der Waals surface area contributed by atoms with Crippen molar-refractivity contribution in [2.45, 2.75) is 50.5 Å². The van der Waals surface area contributed by atoms with Gasteiger partial charge in [0, 0.05) is 28.8 Å². The van der Waals surface area contributed by atoms with E-state index in [0.717, 1.165) is 28.7 Å². The number of rotatable bonds is 12. The first kappa shape index (κ1) is 37.4. The lowest BCUT2D eigenvalue weighted by Gasteiger charge is -2.32. The molecule has 0 spiro atoms. The number of hydrogen-bond acceptors (Lipinski definition) is 11. The lowest BCUT2D eigenvalue weighted by atomic mass is 9.82. The van der Waals surface area contributed by atoms with E-state index in [9.17, 15) is 23.9 Å². The molecule has 2 aromatic heterocycles. The molecular weight excluding hydrogens is 775 g/mol. The molecule has 17 heteroatoms. The van der Waals surface area contributed by atoms with Crippen molar-refractivity contribution in [3.63, 3.8) is 0 Å². The minimum atomic E-state index is -2.04. The molecule has 1 saturated heterocycles. The van der Waals surface area contributed by atoms with Crippen molar-refractivity contribution in [1.29, 1.82) is 5.26 Å². The van der Waals surface area contributed by atoms with Gasteiger partial charge < -0.3 is 43.9 Å². The van der Waals surface area contributed by atoms with Crippen molar-refractivity contribution < 1.29 is 66.4 Å². The average molecular weight is 808 g/mol. The Hall–Kier alpha value is -4.38. The number of halogens is 3. The van der Waals surface area contributed by atoms with Gasteiger partial charge in [-0.1, -0.05) is 19.1 Å². The van der Waals surface area contributed by atoms with Crippen molar-refractivity contribution in [2.24, 2.45) is 0 Å². The number of ether oxygens (including phenoxy) is 2. The predicted molar refractivity (Wildman–Crippen MR) is 165 cm³/mol. The van der Waals surface area contributed by atoms with Crippen LogP contribution in [0.1, 0.15) is 47.6 Å².